The van der Waals surface area contributed by atoms with Crippen molar-refractivity contribution in [2.45, 2.75) is 27.7 Å². The lowest BCUT2D eigenvalue weighted by Crippen LogP contribution is -1.92. The van der Waals surface area contributed by atoms with Crippen LogP contribution in [0.3, 0.4) is 0 Å². The Labute approximate surface area is 144 Å². The average molecular weight is 313 g/mol. The van der Waals surface area contributed by atoms with E-state index in [-0.39, 0.29) is 0 Å². The van der Waals surface area contributed by atoms with Crippen LogP contribution in [0.25, 0.3) is 34.0 Å². The van der Waals surface area contributed by atoms with E-state index in [1.165, 1.54) is 33.0 Å². The van der Waals surface area contributed by atoms with Crippen LogP contribution in [-0.4, -0.2) is 4.98 Å². The van der Waals surface area contributed by atoms with Gasteiger partial charge in [-0.1, -0.05) is 60.7 Å². The fraction of sp³-hybridized carbons (Fsp3) is 0.174. The predicted octanol–water partition coefficient (Wildman–Crippen LogP) is 6.63. The van der Waals surface area contributed by atoms with Gasteiger partial charge in [-0.25, -0.2) is 4.98 Å². The maximum absolute atomic E-state index is 5.07. The second kappa shape index (κ2) is 6.84. The van der Waals surface area contributed by atoms with E-state index in [0.717, 1.165) is 11.0 Å². The van der Waals surface area contributed by atoms with Crippen molar-refractivity contribution in [3.05, 3.63) is 76.9 Å². The Morgan fingerprint density at radius 3 is 1.83 bits per heavy atom. The first kappa shape index (κ1) is 16.2. The molecule has 120 valence electrons. The summed E-state index contributed by atoms with van der Waals surface area (Å²) in [6, 6.07) is 10.9. The van der Waals surface area contributed by atoms with Crippen LogP contribution >= 0.6 is 0 Å². The Kier molecular flexibility index (Phi) is 4.61. The third-order valence-corrected chi connectivity index (χ3v) is 4.37. The Bertz CT molecular complexity index is 988. The molecule has 0 fully saturated rings. The summed E-state index contributed by atoms with van der Waals surface area (Å²) in [6.45, 7) is 8.36. The molecule has 0 unspecified atom stereocenters. The standard InChI is InChI=1S/C23H23N/c1-5-7-8-10-21-17(4)12-14-19-15-18-13-11-16(3)20(9-6-2)22(18)24-23(19)21/h5-15H,1-4H3/b7-5-,9-6-,10-8-. The lowest BCUT2D eigenvalue weighted by molar-refractivity contribution is 1.39. The van der Waals surface area contributed by atoms with Crippen LogP contribution in [0.15, 0.2) is 54.6 Å². The number of hydrogen-bond acceptors (Lipinski definition) is 1. The number of aromatic nitrogens is 1. The van der Waals surface area contributed by atoms with E-state index in [9.17, 15) is 0 Å². The first-order valence-corrected chi connectivity index (χ1v) is 8.41. The van der Waals surface area contributed by atoms with Gasteiger partial charge in [0, 0.05) is 21.9 Å². The Morgan fingerprint density at radius 2 is 1.29 bits per heavy atom. The van der Waals surface area contributed by atoms with Gasteiger partial charge in [0.1, 0.15) is 0 Å². The molecule has 0 saturated carbocycles. The quantitative estimate of drug-likeness (QED) is 0.391. The number of hydrogen-bond donors (Lipinski definition) is 0. The van der Waals surface area contributed by atoms with E-state index in [4.69, 9.17) is 4.98 Å². The van der Waals surface area contributed by atoms with Crippen LogP contribution < -0.4 is 0 Å². The highest BCUT2D eigenvalue weighted by Crippen LogP contribution is 2.29. The van der Waals surface area contributed by atoms with Gasteiger partial charge in [0.2, 0.25) is 0 Å². The second-order valence-corrected chi connectivity index (χ2v) is 6.11. The Morgan fingerprint density at radius 1 is 0.708 bits per heavy atom. The van der Waals surface area contributed by atoms with E-state index >= 15 is 0 Å². The van der Waals surface area contributed by atoms with Gasteiger partial charge in [0.15, 0.2) is 0 Å². The zero-order chi connectivity index (χ0) is 17.1. The summed E-state index contributed by atoms with van der Waals surface area (Å²) in [5.74, 6) is 0. The van der Waals surface area contributed by atoms with Gasteiger partial charge >= 0.3 is 0 Å². The summed E-state index contributed by atoms with van der Waals surface area (Å²) in [6.07, 6.45) is 12.6. The highest BCUT2D eigenvalue weighted by molar-refractivity contribution is 6.00. The van der Waals surface area contributed by atoms with Crippen molar-refractivity contribution in [2.75, 3.05) is 0 Å². The molecule has 0 N–H and O–H groups in total. The van der Waals surface area contributed by atoms with Gasteiger partial charge in [-0.05, 0) is 44.9 Å². The third kappa shape index (κ3) is 2.90. The molecule has 1 heteroatoms. The molecule has 24 heavy (non-hydrogen) atoms. The van der Waals surface area contributed by atoms with Crippen LogP contribution in [0.1, 0.15) is 36.1 Å². The van der Waals surface area contributed by atoms with Gasteiger partial charge in [0.25, 0.3) is 0 Å². The van der Waals surface area contributed by atoms with Crippen molar-refractivity contribution in [1.82, 2.24) is 4.98 Å². The highest BCUT2D eigenvalue weighted by atomic mass is 14.7. The first-order chi connectivity index (χ1) is 11.7. The highest BCUT2D eigenvalue weighted by Gasteiger charge is 2.09. The lowest BCUT2D eigenvalue weighted by atomic mass is 9.99. The monoisotopic (exact) mass is 313 g/mol. The number of fused-ring (bicyclic) bond motifs is 2. The summed E-state index contributed by atoms with van der Waals surface area (Å²) >= 11 is 0. The van der Waals surface area contributed by atoms with E-state index in [1.807, 2.05) is 13.0 Å². The fourth-order valence-corrected chi connectivity index (χ4v) is 3.06. The van der Waals surface area contributed by atoms with Gasteiger partial charge in [-0.3, -0.25) is 0 Å². The molecule has 0 aliphatic heterocycles. The first-order valence-electron chi connectivity index (χ1n) is 8.41. The van der Waals surface area contributed by atoms with Crippen molar-refractivity contribution in [1.29, 1.82) is 0 Å². The van der Waals surface area contributed by atoms with Crippen molar-refractivity contribution >= 4 is 34.0 Å². The topological polar surface area (TPSA) is 12.9 Å². The SMILES string of the molecule is C/C=C\C=C/c1c(C)ccc2cc3ccc(C)c(/C=C\C)c3nc12. The van der Waals surface area contributed by atoms with Gasteiger partial charge in [-0.15, -0.1) is 0 Å². The van der Waals surface area contributed by atoms with Crippen LogP contribution in [0, 0.1) is 13.8 Å². The molecule has 0 aliphatic carbocycles. The second-order valence-electron chi connectivity index (χ2n) is 6.11. The van der Waals surface area contributed by atoms with Crippen LogP contribution in [0.5, 0.6) is 0 Å². The lowest BCUT2D eigenvalue weighted by Gasteiger charge is -2.11. The molecule has 1 heterocycles. The summed E-state index contributed by atoms with van der Waals surface area (Å²) in [5.41, 5.74) is 7.05. The average Bonchev–Trinajstić information content (AvgIpc) is 2.58. The number of nitrogens with zero attached hydrogens (tertiary/aromatic N) is 1. The maximum Gasteiger partial charge on any atom is 0.0784 e. The Balaban J connectivity index is 2.39. The minimum Gasteiger partial charge on any atom is -0.247 e. The molecular formula is C23H23N. The van der Waals surface area contributed by atoms with E-state index < -0.39 is 0 Å². The van der Waals surface area contributed by atoms with E-state index in [1.54, 1.807) is 0 Å². The van der Waals surface area contributed by atoms with Crippen molar-refractivity contribution in [3.8, 4) is 0 Å². The summed E-state index contributed by atoms with van der Waals surface area (Å²) in [4.78, 5) is 5.07. The molecule has 0 saturated heterocycles. The van der Waals surface area contributed by atoms with Crippen molar-refractivity contribution in [2.24, 2.45) is 0 Å². The van der Waals surface area contributed by atoms with Crippen LogP contribution in [0.4, 0.5) is 0 Å². The minimum atomic E-state index is 1.07. The van der Waals surface area contributed by atoms with E-state index in [2.05, 4.69) is 81.5 Å². The molecule has 1 aromatic heterocycles. The van der Waals surface area contributed by atoms with Crippen molar-refractivity contribution in [3.63, 3.8) is 0 Å². The van der Waals surface area contributed by atoms with E-state index in [0.29, 0.717) is 0 Å². The molecule has 0 aliphatic rings. The molecule has 3 rings (SSSR count). The predicted molar refractivity (Wildman–Crippen MR) is 107 cm³/mol. The zero-order valence-electron chi connectivity index (χ0n) is 14.8. The molecular weight excluding hydrogens is 290 g/mol. The minimum absolute atomic E-state index is 1.07. The molecule has 3 aromatic rings. The smallest absolute Gasteiger partial charge is 0.0784 e. The zero-order valence-corrected chi connectivity index (χ0v) is 14.8. The maximum atomic E-state index is 5.07. The normalized spacial score (nSPS) is 12.5. The van der Waals surface area contributed by atoms with Crippen LogP contribution in [-0.2, 0) is 0 Å². The van der Waals surface area contributed by atoms with Crippen LogP contribution in [0.2, 0.25) is 0 Å². The van der Waals surface area contributed by atoms with Gasteiger partial charge in [0.05, 0.1) is 11.0 Å². The molecule has 0 spiro atoms. The molecule has 0 atom stereocenters. The summed E-state index contributed by atoms with van der Waals surface area (Å²) in [7, 11) is 0. The van der Waals surface area contributed by atoms with Gasteiger partial charge < -0.3 is 0 Å². The molecule has 0 radical (unpaired) electrons. The molecule has 0 amide bonds. The molecule has 2 aromatic carbocycles. The molecule has 0 bridgehead atoms. The number of rotatable bonds is 3. The van der Waals surface area contributed by atoms with Crippen molar-refractivity contribution < 1.29 is 0 Å². The number of benzene rings is 2. The largest absolute Gasteiger partial charge is 0.247 e. The summed E-state index contributed by atoms with van der Waals surface area (Å²) < 4.78 is 0. The molecule has 1 nitrogen and oxygen atoms in total. The number of allylic oxidation sites excluding steroid dienone is 4. The Hall–Kier alpha value is -2.67. The van der Waals surface area contributed by atoms with Gasteiger partial charge in [-0.2, -0.15) is 0 Å². The summed E-state index contributed by atoms with van der Waals surface area (Å²) in [5, 5.41) is 2.37. The fourth-order valence-electron chi connectivity index (χ4n) is 3.06. The third-order valence-electron chi connectivity index (χ3n) is 4.37. The number of aryl methyl sites for hydroxylation is 2. The number of pyridine rings is 1.